The van der Waals surface area contributed by atoms with Gasteiger partial charge < -0.3 is 15.5 Å². The van der Waals surface area contributed by atoms with Crippen LogP contribution in [0.5, 0.6) is 0 Å². The number of carbonyl (C=O) groups excluding carboxylic acids is 3. The Bertz CT molecular complexity index is 1130. The number of pyridine rings is 1. The van der Waals surface area contributed by atoms with Crippen LogP contribution in [0.1, 0.15) is 29.5 Å². The van der Waals surface area contributed by atoms with Gasteiger partial charge in [0, 0.05) is 31.3 Å². The van der Waals surface area contributed by atoms with E-state index in [0.29, 0.717) is 24.5 Å². The van der Waals surface area contributed by atoms with E-state index >= 15 is 0 Å². The first kappa shape index (κ1) is 24.6. The summed E-state index contributed by atoms with van der Waals surface area (Å²) in [4.78, 5) is 43.6. The third-order valence-corrected chi connectivity index (χ3v) is 5.24. The standard InChI is InChI=1S/C27H30N4O3/c1-20-7-6-10-23(17-20)31(19-26(33)29-16-14-22-8-4-3-5-9-22)27(34)12-11-25(32)30-24-18-21(2)13-15-28-24/h3-10,13,15,17-18H,11-12,14,16,19H2,1-2H3,(H,29,33)(H,28,30,32). The minimum Gasteiger partial charge on any atom is -0.354 e. The van der Waals surface area contributed by atoms with Gasteiger partial charge in [-0.1, -0.05) is 42.5 Å². The Labute approximate surface area is 200 Å². The van der Waals surface area contributed by atoms with E-state index in [-0.39, 0.29) is 37.1 Å². The van der Waals surface area contributed by atoms with E-state index < -0.39 is 0 Å². The number of amides is 3. The van der Waals surface area contributed by atoms with Crippen LogP contribution in [-0.2, 0) is 20.8 Å². The van der Waals surface area contributed by atoms with E-state index in [1.165, 1.54) is 4.90 Å². The summed E-state index contributed by atoms with van der Waals surface area (Å²) in [5.74, 6) is -0.399. The van der Waals surface area contributed by atoms with Crippen molar-refractivity contribution in [1.82, 2.24) is 10.3 Å². The first-order chi connectivity index (χ1) is 16.4. The number of nitrogens with zero attached hydrogens (tertiary/aromatic N) is 2. The summed E-state index contributed by atoms with van der Waals surface area (Å²) >= 11 is 0. The summed E-state index contributed by atoms with van der Waals surface area (Å²) in [6.45, 7) is 4.20. The molecule has 0 radical (unpaired) electrons. The molecule has 0 saturated heterocycles. The van der Waals surface area contributed by atoms with Crippen molar-refractivity contribution in [2.75, 3.05) is 23.3 Å². The number of benzene rings is 2. The molecule has 0 aliphatic rings. The number of rotatable bonds is 10. The summed E-state index contributed by atoms with van der Waals surface area (Å²) in [7, 11) is 0. The fourth-order valence-electron chi connectivity index (χ4n) is 3.48. The van der Waals surface area contributed by atoms with Crippen molar-refractivity contribution in [2.45, 2.75) is 33.1 Å². The van der Waals surface area contributed by atoms with Gasteiger partial charge in [-0.2, -0.15) is 0 Å². The number of hydrogen-bond acceptors (Lipinski definition) is 4. The molecule has 1 aromatic heterocycles. The second-order valence-corrected chi connectivity index (χ2v) is 8.17. The maximum absolute atomic E-state index is 13.0. The largest absolute Gasteiger partial charge is 0.354 e. The van der Waals surface area contributed by atoms with Gasteiger partial charge in [-0.05, 0) is 61.2 Å². The molecule has 34 heavy (non-hydrogen) atoms. The molecule has 0 atom stereocenters. The van der Waals surface area contributed by atoms with Crippen LogP contribution in [0.2, 0.25) is 0 Å². The van der Waals surface area contributed by atoms with Gasteiger partial charge in [0.15, 0.2) is 0 Å². The van der Waals surface area contributed by atoms with E-state index in [1.807, 2.05) is 68.4 Å². The molecule has 176 valence electrons. The molecule has 2 aromatic carbocycles. The molecular weight excluding hydrogens is 428 g/mol. The zero-order chi connectivity index (χ0) is 24.3. The SMILES string of the molecule is Cc1cccc(N(CC(=O)NCCc2ccccc2)C(=O)CCC(=O)Nc2cc(C)ccn2)c1. The lowest BCUT2D eigenvalue weighted by Gasteiger charge is -2.23. The molecule has 0 bridgehead atoms. The minimum atomic E-state index is -0.303. The molecule has 0 aliphatic heterocycles. The maximum atomic E-state index is 13.0. The highest BCUT2D eigenvalue weighted by Gasteiger charge is 2.20. The third kappa shape index (κ3) is 7.85. The topological polar surface area (TPSA) is 91.4 Å². The lowest BCUT2D eigenvalue weighted by atomic mass is 10.1. The highest BCUT2D eigenvalue weighted by atomic mass is 16.2. The average molecular weight is 459 g/mol. The van der Waals surface area contributed by atoms with E-state index in [9.17, 15) is 14.4 Å². The number of anilines is 2. The number of carbonyl (C=O) groups is 3. The molecule has 0 unspecified atom stereocenters. The Balaban J connectivity index is 1.58. The molecule has 0 saturated carbocycles. The van der Waals surface area contributed by atoms with Crippen molar-refractivity contribution in [3.63, 3.8) is 0 Å². The first-order valence-electron chi connectivity index (χ1n) is 11.3. The summed E-state index contributed by atoms with van der Waals surface area (Å²) in [5.41, 5.74) is 3.71. The van der Waals surface area contributed by atoms with Gasteiger partial charge in [-0.3, -0.25) is 14.4 Å². The summed E-state index contributed by atoms with van der Waals surface area (Å²) in [6, 6.07) is 20.9. The van der Waals surface area contributed by atoms with Crippen molar-refractivity contribution in [3.8, 4) is 0 Å². The van der Waals surface area contributed by atoms with Gasteiger partial charge >= 0.3 is 0 Å². The Morgan fingerprint density at radius 1 is 0.853 bits per heavy atom. The van der Waals surface area contributed by atoms with Gasteiger partial charge in [0.25, 0.3) is 0 Å². The molecule has 0 aliphatic carbocycles. The van der Waals surface area contributed by atoms with Gasteiger partial charge in [-0.25, -0.2) is 4.98 Å². The zero-order valence-corrected chi connectivity index (χ0v) is 19.6. The molecule has 7 heteroatoms. The number of nitrogens with one attached hydrogen (secondary N) is 2. The van der Waals surface area contributed by atoms with E-state index in [0.717, 1.165) is 16.7 Å². The second-order valence-electron chi connectivity index (χ2n) is 8.17. The molecule has 3 rings (SSSR count). The van der Waals surface area contributed by atoms with Gasteiger partial charge in [-0.15, -0.1) is 0 Å². The summed E-state index contributed by atoms with van der Waals surface area (Å²) in [5, 5.41) is 5.59. The van der Waals surface area contributed by atoms with Crippen molar-refractivity contribution in [1.29, 1.82) is 0 Å². The monoisotopic (exact) mass is 458 g/mol. The van der Waals surface area contributed by atoms with Crippen LogP contribution in [0, 0.1) is 13.8 Å². The molecule has 1 heterocycles. The quantitative estimate of drug-likeness (QED) is 0.483. The molecule has 2 N–H and O–H groups in total. The summed E-state index contributed by atoms with van der Waals surface area (Å²) in [6.07, 6.45) is 2.29. The Kier molecular flexibility index (Phi) is 8.91. The lowest BCUT2D eigenvalue weighted by Crippen LogP contribution is -2.41. The molecule has 0 fully saturated rings. The van der Waals surface area contributed by atoms with Gasteiger partial charge in [0.1, 0.15) is 12.4 Å². The molecular formula is C27H30N4O3. The molecule has 0 spiro atoms. The lowest BCUT2D eigenvalue weighted by molar-refractivity contribution is -0.125. The zero-order valence-electron chi connectivity index (χ0n) is 19.6. The Morgan fingerprint density at radius 3 is 2.35 bits per heavy atom. The molecule has 7 nitrogen and oxygen atoms in total. The maximum Gasteiger partial charge on any atom is 0.240 e. The van der Waals surface area contributed by atoms with Crippen LogP contribution in [0.15, 0.2) is 72.9 Å². The van der Waals surface area contributed by atoms with Crippen molar-refractivity contribution < 1.29 is 14.4 Å². The average Bonchev–Trinajstić information content (AvgIpc) is 2.82. The van der Waals surface area contributed by atoms with E-state index in [1.54, 1.807) is 18.3 Å². The van der Waals surface area contributed by atoms with E-state index in [2.05, 4.69) is 15.6 Å². The van der Waals surface area contributed by atoms with E-state index in [4.69, 9.17) is 0 Å². The van der Waals surface area contributed by atoms with Crippen LogP contribution in [-0.4, -0.2) is 35.8 Å². The first-order valence-corrected chi connectivity index (χ1v) is 11.3. The highest BCUT2D eigenvalue weighted by molar-refractivity contribution is 6.01. The van der Waals surface area contributed by atoms with Crippen LogP contribution in [0.25, 0.3) is 0 Å². The second kappa shape index (κ2) is 12.3. The fourth-order valence-corrected chi connectivity index (χ4v) is 3.48. The predicted molar refractivity (Wildman–Crippen MR) is 134 cm³/mol. The van der Waals surface area contributed by atoms with Crippen LogP contribution < -0.4 is 15.5 Å². The third-order valence-electron chi connectivity index (χ3n) is 5.24. The van der Waals surface area contributed by atoms with Crippen LogP contribution in [0.4, 0.5) is 11.5 Å². The number of aryl methyl sites for hydroxylation is 2. The normalized spacial score (nSPS) is 10.4. The smallest absolute Gasteiger partial charge is 0.240 e. The Hall–Kier alpha value is -4.00. The highest BCUT2D eigenvalue weighted by Crippen LogP contribution is 2.18. The van der Waals surface area contributed by atoms with Crippen LogP contribution in [0.3, 0.4) is 0 Å². The predicted octanol–water partition coefficient (Wildman–Crippen LogP) is 3.81. The number of hydrogen-bond donors (Lipinski definition) is 2. The molecule has 3 aromatic rings. The fraction of sp³-hybridized carbons (Fsp3) is 0.259. The van der Waals surface area contributed by atoms with Gasteiger partial charge in [0.2, 0.25) is 17.7 Å². The van der Waals surface area contributed by atoms with Crippen molar-refractivity contribution >= 4 is 29.2 Å². The Morgan fingerprint density at radius 2 is 1.62 bits per heavy atom. The van der Waals surface area contributed by atoms with Crippen molar-refractivity contribution in [2.24, 2.45) is 0 Å². The van der Waals surface area contributed by atoms with Gasteiger partial charge in [0.05, 0.1) is 0 Å². The van der Waals surface area contributed by atoms with Crippen LogP contribution >= 0.6 is 0 Å². The van der Waals surface area contributed by atoms with Crippen molar-refractivity contribution in [3.05, 3.63) is 89.6 Å². The summed E-state index contributed by atoms with van der Waals surface area (Å²) < 4.78 is 0. The number of aromatic nitrogens is 1. The molecule has 3 amide bonds. The minimum absolute atomic E-state index is 0.00754.